The summed E-state index contributed by atoms with van der Waals surface area (Å²) in [4.78, 5) is 15.6. The lowest BCUT2D eigenvalue weighted by atomic mass is 10.1. The van der Waals surface area contributed by atoms with Gasteiger partial charge in [-0.3, -0.25) is 4.79 Å². The first kappa shape index (κ1) is 22.8. The van der Waals surface area contributed by atoms with Gasteiger partial charge in [-0.05, 0) is 72.3 Å². The summed E-state index contributed by atoms with van der Waals surface area (Å²) in [5, 5.41) is 5.22. The van der Waals surface area contributed by atoms with Gasteiger partial charge in [0, 0.05) is 38.3 Å². The normalized spacial score (nSPS) is 11.1. The van der Waals surface area contributed by atoms with Crippen LogP contribution in [0.25, 0.3) is 17.0 Å². The molecule has 4 rings (SSSR count). The Morgan fingerprint density at radius 2 is 1.79 bits per heavy atom. The predicted octanol–water partition coefficient (Wildman–Crippen LogP) is 6.39. The van der Waals surface area contributed by atoms with Crippen molar-refractivity contribution in [3.63, 3.8) is 0 Å². The van der Waals surface area contributed by atoms with Crippen LogP contribution in [-0.4, -0.2) is 18.0 Å². The van der Waals surface area contributed by atoms with Gasteiger partial charge in [0.1, 0.15) is 18.1 Å². The SMILES string of the molecule is COc1ccc(C=CC(=O)NCc2cc3cc(Cl)ccc3[nH]2)cc1COc1ccc(Cl)cc1. The molecule has 0 aliphatic rings. The number of hydrogen-bond acceptors (Lipinski definition) is 3. The van der Waals surface area contributed by atoms with E-state index in [0.29, 0.717) is 34.7 Å². The number of carbonyl (C=O) groups excluding carboxylic acids is 1. The number of fused-ring (bicyclic) bond motifs is 1. The summed E-state index contributed by atoms with van der Waals surface area (Å²) >= 11 is 11.9. The van der Waals surface area contributed by atoms with Crippen molar-refractivity contribution in [2.24, 2.45) is 0 Å². The number of nitrogens with one attached hydrogen (secondary N) is 2. The molecule has 2 N–H and O–H groups in total. The number of carbonyl (C=O) groups is 1. The average Bonchev–Trinajstić information content (AvgIpc) is 3.23. The maximum Gasteiger partial charge on any atom is 0.244 e. The molecule has 0 atom stereocenters. The smallest absolute Gasteiger partial charge is 0.244 e. The van der Waals surface area contributed by atoms with Crippen LogP contribution in [0.5, 0.6) is 11.5 Å². The van der Waals surface area contributed by atoms with Gasteiger partial charge in [-0.1, -0.05) is 29.3 Å². The Labute approximate surface area is 201 Å². The second kappa shape index (κ2) is 10.5. The summed E-state index contributed by atoms with van der Waals surface area (Å²) in [6.07, 6.45) is 3.26. The third kappa shape index (κ3) is 6.09. The first-order chi connectivity index (χ1) is 16.0. The third-order valence-corrected chi connectivity index (χ3v) is 5.52. The topological polar surface area (TPSA) is 63.3 Å². The highest BCUT2D eigenvalue weighted by molar-refractivity contribution is 6.31. The molecule has 0 saturated carbocycles. The molecular weight excluding hydrogens is 459 g/mol. The fraction of sp³-hybridized carbons (Fsp3) is 0.115. The lowest BCUT2D eigenvalue weighted by molar-refractivity contribution is -0.116. The van der Waals surface area contributed by atoms with Crippen LogP contribution in [0, 0.1) is 0 Å². The molecule has 33 heavy (non-hydrogen) atoms. The number of aromatic nitrogens is 1. The Morgan fingerprint density at radius 1 is 1.00 bits per heavy atom. The van der Waals surface area contributed by atoms with Crippen molar-refractivity contribution in [1.29, 1.82) is 0 Å². The number of rotatable bonds is 8. The van der Waals surface area contributed by atoms with Crippen LogP contribution >= 0.6 is 23.2 Å². The van der Waals surface area contributed by atoms with Gasteiger partial charge in [0.2, 0.25) is 5.91 Å². The molecule has 0 spiro atoms. The first-order valence-corrected chi connectivity index (χ1v) is 11.0. The second-order valence-electron chi connectivity index (χ2n) is 7.39. The van der Waals surface area contributed by atoms with E-state index in [1.165, 1.54) is 6.08 Å². The largest absolute Gasteiger partial charge is 0.496 e. The van der Waals surface area contributed by atoms with E-state index < -0.39 is 0 Å². The number of halogens is 2. The molecule has 4 aromatic rings. The molecule has 5 nitrogen and oxygen atoms in total. The summed E-state index contributed by atoms with van der Waals surface area (Å²) in [6, 6.07) is 20.4. The summed E-state index contributed by atoms with van der Waals surface area (Å²) in [7, 11) is 1.61. The van der Waals surface area contributed by atoms with E-state index in [9.17, 15) is 4.79 Å². The van der Waals surface area contributed by atoms with Gasteiger partial charge in [-0.25, -0.2) is 0 Å². The van der Waals surface area contributed by atoms with E-state index in [0.717, 1.165) is 27.7 Å². The number of H-pyrrole nitrogens is 1. The summed E-state index contributed by atoms with van der Waals surface area (Å²) in [5.41, 5.74) is 3.61. The summed E-state index contributed by atoms with van der Waals surface area (Å²) in [5.74, 6) is 1.23. The number of ether oxygens (including phenoxy) is 2. The quantitative estimate of drug-likeness (QED) is 0.287. The van der Waals surface area contributed by atoms with Crippen molar-refractivity contribution in [3.05, 3.63) is 99.7 Å². The van der Waals surface area contributed by atoms with Crippen LogP contribution in [0.2, 0.25) is 10.0 Å². The molecule has 1 amide bonds. The molecule has 3 aromatic carbocycles. The predicted molar refractivity (Wildman–Crippen MR) is 133 cm³/mol. The van der Waals surface area contributed by atoms with E-state index in [-0.39, 0.29) is 5.91 Å². The molecule has 0 bridgehead atoms. The minimum absolute atomic E-state index is 0.193. The van der Waals surface area contributed by atoms with Crippen LogP contribution in [0.15, 0.2) is 72.8 Å². The fourth-order valence-electron chi connectivity index (χ4n) is 3.38. The van der Waals surface area contributed by atoms with E-state index in [1.807, 2.05) is 54.6 Å². The minimum Gasteiger partial charge on any atom is -0.496 e. The standard InChI is InChI=1S/C26H22Cl2N2O3/c1-32-25-10-2-17(12-19(25)16-33-23-7-4-20(27)5-8-23)3-11-26(31)29-15-22-14-18-13-21(28)6-9-24(18)30-22/h2-14,30H,15-16H2,1H3,(H,29,31). The lowest BCUT2D eigenvalue weighted by Crippen LogP contribution is -2.20. The third-order valence-electron chi connectivity index (χ3n) is 5.03. The maximum absolute atomic E-state index is 12.3. The van der Waals surface area contributed by atoms with Crippen molar-refractivity contribution in [2.45, 2.75) is 13.2 Å². The Morgan fingerprint density at radius 3 is 2.58 bits per heavy atom. The molecule has 0 aliphatic carbocycles. The first-order valence-electron chi connectivity index (χ1n) is 10.3. The second-order valence-corrected chi connectivity index (χ2v) is 8.26. The summed E-state index contributed by atoms with van der Waals surface area (Å²) in [6.45, 7) is 0.710. The number of hydrogen-bond donors (Lipinski definition) is 2. The molecule has 0 radical (unpaired) electrons. The lowest BCUT2D eigenvalue weighted by Gasteiger charge is -2.11. The number of amides is 1. The van der Waals surface area contributed by atoms with E-state index in [4.69, 9.17) is 32.7 Å². The number of aromatic amines is 1. The zero-order valence-corrected chi connectivity index (χ0v) is 19.4. The molecule has 7 heteroatoms. The van der Waals surface area contributed by atoms with Crippen LogP contribution in [0.3, 0.4) is 0 Å². The minimum atomic E-state index is -0.193. The van der Waals surface area contributed by atoms with E-state index in [1.54, 1.807) is 25.3 Å². The number of methoxy groups -OCH3 is 1. The van der Waals surface area contributed by atoms with E-state index in [2.05, 4.69) is 10.3 Å². The van der Waals surface area contributed by atoms with Crippen molar-refractivity contribution in [1.82, 2.24) is 10.3 Å². The van der Waals surface area contributed by atoms with Gasteiger partial charge < -0.3 is 19.8 Å². The fourth-order valence-corrected chi connectivity index (χ4v) is 3.69. The molecule has 0 saturated heterocycles. The molecule has 1 aromatic heterocycles. The van der Waals surface area contributed by atoms with Gasteiger partial charge in [0.05, 0.1) is 13.7 Å². The monoisotopic (exact) mass is 480 g/mol. The average molecular weight is 481 g/mol. The van der Waals surface area contributed by atoms with Crippen molar-refractivity contribution in [2.75, 3.05) is 7.11 Å². The van der Waals surface area contributed by atoms with Gasteiger partial charge >= 0.3 is 0 Å². The molecule has 0 unspecified atom stereocenters. The zero-order chi connectivity index (χ0) is 23.2. The molecule has 0 fully saturated rings. The Kier molecular flexibility index (Phi) is 7.23. The van der Waals surface area contributed by atoms with E-state index >= 15 is 0 Å². The molecule has 0 aliphatic heterocycles. The molecular formula is C26H22Cl2N2O3. The Hall–Kier alpha value is -3.41. The van der Waals surface area contributed by atoms with Crippen molar-refractivity contribution < 1.29 is 14.3 Å². The van der Waals surface area contributed by atoms with Crippen molar-refractivity contribution in [3.8, 4) is 11.5 Å². The summed E-state index contributed by atoms with van der Waals surface area (Å²) < 4.78 is 11.3. The highest BCUT2D eigenvalue weighted by atomic mass is 35.5. The Balaban J connectivity index is 1.37. The Bertz CT molecular complexity index is 1300. The van der Waals surface area contributed by atoms with Gasteiger partial charge in [0.15, 0.2) is 0 Å². The van der Waals surface area contributed by atoms with Gasteiger partial charge in [-0.2, -0.15) is 0 Å². The number of benzene rings is 3. The van der Waals surface area contributed by atoms with Crippen LogP contribution in [0.4, 0.5) is 0 Å². The maximum atomic E-state index is 12.3. The van der Waals surface area contributed by atoms with Crippen LogP contribution in [0.1, 0.15) is 16.8 Å². The van der Waals surface area contributed by atoms with Crippen LogP contribution < -0.4 is 14.8 Å². The van der Waals surface area contributed by atoms with Gasteiger partial charge in [-0.15, -0.1) is 0 Å². The van der Waals surface area contributed by atoms with Crippen LogP contribution in [-0.2, 0) is 17.9 Å². The van der Waals surface area contributed by atoms with Gasteiger partial charge in [0.25, 0.3) is 0 Å². The molecule has 168 valence electrons. The highest BCUT2D eigenvalue weighted by Gasteiger charge is 2.06. The highest BCUT2D eigenvalue weighted by Crippen LogP contribution is 2.24. The van der Waals surface area contributed by atoms with Crippen molar-refractivity contribution >= 4 is 46.1 Å². The molecule has 1 heterocycles. The zero-order valence-electron chi connectivity index (χ0n) is 17.9.